The maximum Gasteiger partial charge on any atom is 0.230 e. The van der Waals surface area contributed by atoms with E-state index in [-0.39, 0.29) is 5.41 Å². The first kappa shape index (κ1) is 14.9. The van der Waals surface area contributed by atoms with Gasteiger partial charge in [0.15, 0.2) is 0 Å². The number of halogens is 1. The van der Waals surface area contributed by atoms with Crippen molar-refractivity contribution in [3.8, 4) is 11.1 Å². The molecule has 0 amide bonds. The lowest BCUT2D eigenvalue weighted by Crippen LogP contribution is -2.19. The normalized spacial score (nSPS) is 13.4. The van der Waals surface area contributed by atoms with Crippen LogP contribution in [0.2, 0.25) is 5.02 Å². The van der Waals surface area contributed by atoms with Crippen LogP contribution in [0, 0.1) is 11.3 Å². The highest BCUT2D eigenvalue weighted by atomic mass is 35.5. The van der Waals surface area contributed by atoms with E-state index in [9.17, 15) is 0 Å². The minimum atomic E-state index is 0.213. The molecule has 4 heteroatoms. The highest BCUT2D eigenvalue weighted by Crippen LogP contribution is 2.35. The minimum absolute atomic E-state index is 0.213. The van der Waals surface area contributed by atoms with E-state index >= 15 is 0 Å². The number of benzene rings is 1. The van der Waals surface area contributed by atoms with Gasteiger partial charge in [0.25, 0.3) is 0 Å². The molecule has 1 heterocycles. The van der Waals surface area contributed by atoms with Crippen LogP contribution in [0.5, 0.6) is 0 Å². The lowest BCUT2D eigenvalue weighted by Gasteiger charge is -2.26. The van der Waals surface area contributed by atoms with E-state index in [0.29, 0.717) is 16.8 Å². The number of hydrogen-bond donors (Lipinski definition) is 1. The van der Waals surface area contributed by atoms with Gasteiger partial charge in [-0.2, -0.15) is 0 Å². The zero-order valence-electron chi connectivity index (χ0n) is 12.4. The van der Waals surface area contributed by atoms with Gasteiger partial charge in [-0.05, 0) is 35.4 Å². The highest BCUT2D eigenvalue weighted by Gasteiger charge is 2.24. The summed E-state index contributed by atoms with van der Waals surface area (Å²) < 4.78 is 5.19. The second kappa shape index (κ2) is 5.49. The van der Waals surface area contributed by atoms with Gasteiger partial charge in [0, 0.05) is 5.02 Å². The lowest BCUT2D eigenvalue weighted by atomic mass is 9.79. The fourth-order valence-electron chi connectivity index (χ4n) is 2.00. The molecule has 0 radical (unpaired) electrons. The second-order valence-electron chi connectivity index (χ2n) is 6.35. The molecule has 2 aromatic rings. The number of anilines is 1. The van der Waals surface area contributed by atoms with Gasteiger partial charge in [-0.25, -0.2) is 0 Å². The molecule has 1 aromatic heterocycles. The van der Waals surface area contributed by atoms with Crippen LogP contribution in [0.4, 0.5) is 5.88 Å². The molecular weight excluding hydrogens is 272 g/mol. The molecule has 0 bridgehead atoms. The smallest absolute Gasteiger partial charge is 0.230 e. The van der Waals surface area contributed by atoms with Crippen molar-refractivity contribution in [2.24, 2.45) is 11.3 Å². The summed E-state index contributed by atoms with van der Waals surface area (Å²) >= 11 is 5.93. The van der Waals surface area contributed by atoms with Gasteiger partial charge in [-0.1, -0.05) is 56.6 Å². The summed E-state index contributed by atoms with van der Waals surface area (Å²) in [5.41, 5.74) is 8.93. The van der Waals surface area contributed by atoms with Crippen molar-refractivity contribution in [1.29, 1.82) is 0 Å². The Hall–Kier alpha value is -1.48. The average molecular weight is 293 g/mol. The third-order valence-corrected chi connectivity index (χ3v) is 4.15. The summed E-state index contributed by atoms with van der Waals surface area (Å²) in [4.78, 5) is 0. The Balaban J connectivity index is 2.35. The molecule has 0 spiro atoms. The summed E-state index contributed by atoms with van der Waals surface area (Å²) in [6.07, 6.45) is 0.835. The maximum absolute atomic E-state index is 5.93. The Morgan fingerprint density at radius 3 is 2.40 bits per heavy atom. The Labute approximate surface area is 125 Å². The summed E-state index contributed by atoms with van der Waals surface area (Å²) in [7, 11) is 0. The van der Waals surface area contributed by atoms with E-state index < -0.39 is 0 Å². The van der Waals surface area contributed by atoms with E-state index in [1.54, 1.807) is 0 Å². The fourth-order valence-corrected chi connectivity index (χ4v) is 2.12. The largest absolute Gasteiger partial charge is 0.367 e. The van der Waals surface area contributed by atoms with E-state index in [2.05, 4.69) is 32.9 Å². The predicted molar refractivity (Wildman–Crippen MR) is 83.7 cm³/mol. The molecule has 0 aliphatic carbocycles. The average Bonchev–Trinajstić information content (AvgIpc) is 2.71. The number of aromatic nitrogens is 1. The molecule has 0 fully saturated rings. The number of nitrogens with zero attached hydrogens (tertiary/aromatic N) is 1. The summed E-state index contributed by atoms with van der Waals surface area (Å²) in [5, 5.41) is 4.84. The van der Waals surface area contributed by atoms with Crippen LogP contribution in [0.25, 0.3) is 11.1 Å². The molecule has 1 unspecified atom stereocenters. The Morgan fingerprint density at radius 2 is 1.85 bits per heavy atom. The van der Waals surface area contributed by atoms with Gasteiger partial charge >= 0.3 is 0 Å². The quantitative estimate of drug-likeness (QED) is 0.884. The topological polar surface area (TPSA) is 52.0 Å². The van der Waals surface area contributed by atoms with Crippen molar-refractivity contribution < 1.29 is 4.52 Å². The molecule has 0 aliphatic rings. The molecule has 2 N–H and O–H groups in total. The first-order valence-electron chi connectivity index (χ1n) is 6.79. The molecule has 1 aromatic carbocycles. The maximum atomic E-state index is 5.93. The van der Waals surface area contributed by atoms with Gasteiger partial charge in [0.2, 0.25) is 5.88 Å². The zero-order valence-corrected chi connectivity index (χ0v) is 13.2. The first-order valence-corrected chi connectivity index (χ1v) is 7.17. The van der Waals surface area contributed by atoms with E-state index in [1.807, 2.05) is 24.3 Å². The monoisotopic (exact) mass is 292 g/mol. The van der Waals surface area contributed by atoms with E-state index in [0.717, 1.165) is 23.2 Å². The molecule has 0 saturated carbocycles. The molecule has 2 rings (SSSR count). The molecule has 0 aliphatic heterocycles. The molecule has 1 atom stereocenters. The van der Waals surface area contributed by atoms with Crippen molar-refractivity contribution in [1.82, 2.24) is 5.16 Å². The molecule has 3 nitrogen and oxygen atoms in total. The lowest BCUT2D eigenvalue weighted by molar-refractivity contribution is 0.255. The van der Waals surface area contributed by atoms with Crippen LogP contribution in [0.3, 0.4) is 0 Å². The number of rotatable bonds is 3. The summed E-state index contributed by atoms with van der Waals surface area (Å²) in [6, 6.07) is 7.58. The van der Waals surface area contributed by atoms with Crippen LogP contribution in [0.1, 0.15) is 33.4 Å². The Bertz CT molecular complexity index is 582. The predicted octanol–water partition coefficient (Wildman–Crippen LogP) is 4.80. The summed E-state index contributed by atoms with van der Waals surface area (Å²) in [5.74, 6) is 0.835. The molecule has 20 heavy (non-hydrogen) atoms. The van der Waals surface area contributed by atoms with Gasteiger partial charge in [0.05, 0.1) is 11.3 Å². The third-order valence-electron chi connectivity index (χ3n) is 3.90. The van der Waals surface area contributed by atoms with E-state index in [1.165, 1.54) is 0 Å². The van der Waals surface area contributed by atoms with Crippen molar-refractivity contribution in [2.45, 2.75) is 34.1 Å². The molecule has 108 valence electrons. The highest BCUT2D eigenvalue weighted by molar-refractivity contribution is 6.30. The van der Waals surface area contributed by atoms with Crippen molar-refractivity contribution >= 4 is 17.5 Å². The fraction of sp³-hybridized carbons (Fsp3) is 0.438. The van der Waals surface area contributed by atoms with Crippen LogP contribution < -0.4 is 5.73 Å². The number of hydrogen-bond acceptors (Lipinski definition) is 3. The van der Waals surface area contributed by atoms with Crippen molar-refractivity contribution in [3.05, 3.63) is 35.0 Å². The minimum Gasteiger partial charge on any atom is -0.367 e. The standard InChI is InChI=1S/C16H21ClN2O/c1-10(16(2,3)4)9-13-14(15(18)20-19-13)11-5-7-12(17)8-6-11/h5-8,10H,9,18H2,1-4H3. The second-order valence-corrected chi connectivity index (χ2v) is 6.78. The van der Waals surface area contributed by atoms with Crippen LogP contribution >= 0.6 is 11.6 Å². The van der Waals surface area contributed by atoms with Crippen LogP contribution in [-0.4, -0.2) is 5.16 Å². The Kier molecular flexibility index (Phi) is 4.09. The van der Waals surface area contributed by atoms with E-state index in [4.69, 9.17) is 21.9 Å². The molecule has 0 saturated heterocycles. The van der Waals surface area contributed by atoms with Crippen molar-refractivity contribution in [2.75, 3.05) is 5.73 Å². The zero-order chi connectivity index (χ0) is 14.9. The van der Waals surface area contributed by atoms with Gasteiger partial charge in [0.1, 0.15) is 0 Å². The number of nitrogens with two attached hydrogens (primary N) is 1. The Morgan fingerprint density at radius 1 is 1.25 bits per heavy atom. The SMILES string of the molecule is CC(Cc1noc(N)c1-c1ccc(Cl)cc1)C(C)(C)C. The van der Waals surface area contributed by atoms with Crippen LogP contribution in [-0.2, 0) is 6.42 Å². The van der Waals surface area contributed by atoms with Crippen LogP contribution in [0.15, 0.2) is 28.8 Å². The van der Waals surface area contributed by atoms with Gasteiger partial charge in [-0.3, -0.25) is 0 Å². The first-order chi connectivity index (χ1) is 9.29. The third kappa shape index (κ3) is 3.15. The summed E-state index contributed by atoms with van der Waals surface area (Å²) in [6.45, 7) is 8.89. The number of nitrogen functional groups attached to an aromatic ring is 1. The van der Waals surface area contributed by atoms with Gasteiger partial charge in [-0.15, -0.1) is 0 Å². The molecular formula is C16H21ClN2O. The van der Waals surface area contributed by atoms with Gasteiger partial charge < -0.3 is 10.3 Å². The van der Waals surface area contributed by atoms with Crippen molar-refractivity contribution in [3.63, 3.8) is 0 Å².